The van der Waals surface area contributed by atoms with Gasteiger partial charge in [0.2, 0.25) is 0 Å². The number of aromatic nitrogens is 2. The van der Waals surface area contributed by atoms with Gasteiger partial charge in [0.05, 0.1) is 21.8 Å². The molecule has 2 aromatic carbocycles. The Hall–Kier alpha value is -2.26. The molecule has 9 heteroatoms. The number of aryl methyl sites for hydroxylation is 1. The van der Waals surface area contributed by atoms with Crippen molar-refractivity contribution in [3.05, 3.63) is 81.5 Å². The van der Waals surface area contributed by atoms with Crippen molar-refractivity contribution in [3.8, 4) is 5.69 Å². The number of benzene rings is 2. The first-order valence-corrected chi connectivity index (χ1v) is 10.6. The first-order valence-electron chi connectivity index (χ1n) is 8.66. The van der Waals surface area contributed by atoms with Crippen LogP contribution in [0.25, 0.3) is 5.69 Å². The van der Waals surface area contributed by atoms with Crippen LogP contribution in [0.2, 0.25) is 0 Å². The molecule has 0 bridgehead atoms. The number of hydrogen-bond acceptors (Lipinski definition) is 4. The zero-order chi connectivity index (χ0) is 20.6. The molecular weight excluding hydrogens is 424 g/mol. The Morgan fingerprint density at radius 2 is 1.93 bits per heavy atom. The van der Waals surface area contributed by atoms with Crippen LogP contribution in [0.1, 0.15) is 16.8 Å². The van der Waals surface area contributed by atoms with Crippen molar-refractivity contribution >= 4 is 23.5 Å². The van der Waals surface area contributed by atoms with Crippen LogP contribution >= 0.6 is 23.5 Å². The zero-order valence-corrected chi connectivity index (χ0v) is 16.5. The predicted molar refractivity (Wildman–Crippen MR) is 105 cm³/mol. The fourth-order valence-corrected chi connectivity index (χ4v) is 5.01. The van der Waals surface area contributed by atoms with Gasteiger partial charge in [-0.1, -0.05) is 30.0 Å². The van der Waals surface area contributed by atoms with E-state index in [0.717, 1.165) is 12.1 Å². The fourth-order valence-electron chi connectivity index (χ4n) is 3.01. The van der Waals surface area contributed by atoms with Crippen molar-refractivity contribution < 1.29 is 17.6 Å². The maximum absolute atomic E-state index is 13.4. The first kappa shape index (κ1) is 20.0. The number of nitrogens with zero attached hydrogens (tertiary/aromatic N) is 2. The fraction of sp³-hybridized carbons (Fsp3) is 0.200. The van der Waals surface area contributed by atoms with E-state index in [2.05, 4.69) is 4.98 Å². The van der Waals surface area contributed by atoms with Gasteiger partial charge in [-0.2, -0.15) is 13.2 Å². The van der Waals surface area contributed by atoms with E-state index in [4.69, 9.17) is 0 Å². The van der Waals surface area contributed by atoms with E-state index in [-0.39, 0.29) is 17.1 Å². The molecule has 3 aromatic rings. The molecule has 0 N–H and O–H groups in total. The number of alkyl halides is 3. The lowest BCUT2D eigenvalue weighted by Gasteiger charge is -2.15. The Morgan fingerprint density at radius 1 is 1.14 bits per heavy atom. The molecule has 0 aliphatic carbocycles. The van der Waals surface area contributed by atoms with E-state index in [9.17, 15) is 22.4 Å². The summed E-state index contributed by atoms with van der Waals surface area (Å²) in [4.78, 5) is 18.1. The maximum Gasteiger partial charge on any atom is 0.416 e. The molecule has 0 amide bonds. The van der Waals surface area contributed by atoms with E-state index in [1.165, 1.54) is 52.4 Å². The van der Waals surface area contributed by atoms with Crippen LogP contribution in [-0.4, -0.2) is 15.3 Å². The minimum Gasteiger partial charge on any atom is -0.268 e. The van der Waals surface area contributed by atoms with Crippen LogP contribution in [0.15, 0.2) is 63.4 Å². The lowest BCUT2D eigenvalue weighted by molar-refractivity contribution is -0.137. The maximum atomic E-state index is 13.4. The average molecular weight is 438 g/mol. The van der Waals surface area contributed by atoms with Crippen LogP contribution in [0.4, 0.5) is 17.6 Å². The molecule has 1 aromatic heterocycles. The summed E-state index contributed by atoms with van der Waals surface area (Å²) in [5.41, 5.74) is 0.240. The van der Waals surface area contributed by atoms with Crippen molar-refractivity contribution in [1.82, 2.24) is 9.55 Å². The van der Waals surface area contributed by atoms with Gasteiger partial charge >= 0.3 is 6.18 Å². The number of hydrogen-bond donors (Lipinski definition) is 0. The SMILES string of the molecule is O=c1c2c(nc(SCc3cccc(F)c3)n1-c1cccc(C(F)(F)F)c1)CCS2. The lowest BCUT2D eigenvalue weighted by atomic mass is 10.2. The monoisotopic (exact) mass is 438 g/mol. The molecule has 29 heavy (non-hydrogen) atoms. The molecule has 0 spiro atoms. The highest BCUT2D eigenvalue weighted by Gasteiger charge is 2.31. The van der Waals surface area contributed by atoms with Gasteiger partial charge < -0.3 is 0 Å². The molecule has 150 valence electrons. The molecule has 3 nitrogen and oxygen atoms in total. The smallest absolute Gasteiger partial charge is 0.268 e. The Labute approximate surface area is 172 Å². The largest absolute Gasteiger partial charge is 0.416 e. The molecule has 4 rings (SSSR count). The summed E-state index contributed by atoms with van der Waals surface area (Å²) in [6.07, 6.45) is -3.89. The van der Waals surface area contributed by atoms with Crippen molar-refractivity contribution in [2.75, 3.05) is 5.75 Å². The number of rotatable bonds is 4. The standard InChI is InChI=1S/C20H14F4N2OS2/c21-14-5-1-3-12(9-14)11-29-19-25-16-7-8-28-17(16)18(27)26(19)15-6-2-4-13(10-15)20(22,23)24/h1-6,9-10H,7-8,11H2. The van der Waals surface area contributed by atoms with E-state index < -0.39 is 11.7 Å². The summed E-state index contributed by atoms with van der Waals surface area (Å²) < 4.78 is 54.2. The number of fused-ring (bicyclic) bond motifs is 1. The zero-order valence-electron chi connectivity index (χ0n) is 14.9. The quantitative estimate of drug-likeness (QED) is 0.313. The molecule has 0 radical (unpaired) electrons. The van der Waals surface area contributed by atoms with Crippen LogP contribution < -0.4 is 5.56 Å². The second-order valence-electron chi connectivity index (χ2n) is 6.38. The predicted octanol–water partition coefficient (Wildman–Crippen LogP) is 5.33. The van der Waals surface area contributed by atoms with Crippen LogP contribution in [0, 0.1) is 5.82 Å². The highest BCUT2D eigenvalue weighted by atomic mass is 32.2. The van der Waals surface area contributed by atoms with E-state index in [1.54, 1.807) is 12.1 Å². The van der Waals surface area contributed by atoms with E-state index >= 15 is 0 Å². The molecule has 2 heterocycles. The summed E-state index contributed by atoms with van der Waals surface area (Å²) in [6.45, 7) is 0. The van der Waals surface area contributed by atoms with Gasteiger partial charge in [0.1, 0.15) is 5.82 Å². The third-order valence-electron chi connectivity index (χ3n) is 4.36. The van der Waals surface area contributed by atoms with Gasteiger partial charge in [-0.3, -0.25) is 9.36 Å². The Morgan fingerprint density at radius 3 is 2.69 bits per heavy atom. The molecule has 0 unspecified atom stereocenters. The topological polar surface area (TPSA) is 34.9 Å². The molecule has 1 aliphatic heterocycles. The molecule has 0 atom stereocenters. The normalized spacial score (nSPS) is 13.5. The lowest BCUT2D eigenvalue weighted by Crippen LogP contribution is -2.24. The van der Waals surface area contributed by atoms with Crippen molar-refractivity contribution in [2.24, 2.45) is 0 Å². The number of thioether (sulfide) groups is 2. The van der Waals surface area contributed by atoms with Gasteiger partial charge in [0, 0.05) is 17.9 Å². The molecule has 0 saturated heterocycles. The average Bonchev–Trinajstić information content (AvgIpc) is 3.15. The van der Waals surface area contributed by atoms with Gasteiger partial charge in [-0.25, -0.2) is 9.37 Å². The third-order valence-corrected chi connectivity index (χ3v) is 6.47. The van der Waals surface area contributed by atoms with Crippen molar-refractivity contribution in [2.45, 2.75) is 28.4 Å². The molecule has 0 saturated carbocycles. The van der Waals surface area contributed by atoms with Crippen LogP contribution in [-0.2, 0) is 18.3 Å². The second-order valence-corrected chi connectivity index (χ2v) is 8.42. The Balaban J connectivity index is 1.79. The van der Waals surface area contributed by atoms with E-state index in [0.29, 0.717) is 39.2 Å². The minimum atomic E-state index is -4.52. The Bertz CT molecular complexity index is 1130. The number of halogens is 4. The highest BCUT2D eigenvalue weighted by Crippen LogP contribution is 2.33. The van der Waals surface area contributed by atoms with Crippen LogP contribution in [0.5, 0.6) is 0 Å². The van der Waals surface area contributed by atoms with Gasteiger partial charge in [-0.15, -0.1) is 11.8 Å². The van der Waals surface area contributed by atoms with Gasteiger partial charge in [0.25, 0.3) is 5.56 Å². The summed E-state index contributed by atoms with van der Waals surface area (Å²) in [7, 11) is 0. The minimum absolute atomic E-state index is 0.106. The Kier molecular flexibility index (Phi) is 5.44. The van der Waals surface area contributed by atoms with Gasteiger partial charge in [-0.05, 0) is 35.9 Å². The summed E-state index contributed by atoms with van der Waals surface area (Å²) >= 11 is 2.55. The highest BCUT2D eigenvalue weighted by molar-refractivity contribution is 7.99. The second kappa shape index (κ2) is 7.87. The summed E-state index contributed by atoms with van der Waals surface area (Å²) in [5.74, 6) is 0.657. The first-order chi connectivity index (χ1) is 13.8. The van der Waals surface area contributed by atoms with E-state index in [1.807, 2.05) is 0 Å². The molecular formula is C20H14F4N2OS2. The third kappa shape index (κ3) is 4.20. The molecule has 0 fully saturated rings. The van der Waals surface area contributed by atoms with Crippen molar-refractivity contribution in [3.63, 3.8) is 0 Å². The van der Waals surface area contributed by atoms with Gasteiger partial charge in [0.15, 0.2) is 5.16 Å². The summed E-state index contributed by atoms with van der Waals surface area (Å²) in [5, 5.41) is 0.292. The van der Waals surface area contributed by atoms with Crippen LogP contribution in [0.3, 0.4) is 0 Å². The summed E-state index contributed by atoms with van der Waals surface area (Å²) in [6, 6.07) is 10.7. The molecule has 1 aliphatic rings. The van der Waals surface area contributed by atoms with Crippen molar-refractivity contribution in [1.29, 1.82) is 0 Å².